The third-order valence-corrected chi connectivity index (χ3v) is 4.92. The Morgan fingerprint density at radius 3 is 2.30 bits per heavy atom. The van der Waals surface area contributed by atoms with Gasteiger partial charge in [0.1, 0.15) is 5.75 Å². The summed E-state index contributed by atoms with van der Waals surface area (Å²) in [5.41, 5.74) is 6.68. The SMILES string of the molecule is COc1ccccc1N1CCN(CC(N)c2ccccc2C(F)(F)F)CC1. The Labute approximate surface area is 157 Å². The Kier molecular flexibility index (Phi) is 5.92. The fraction of sp³-hybridized carbons (Fsp3) is 0.400. The van der Waals surface area contributed by atoms with Gasteiger partial charge in [0.05, 0.1) is 18.4 Å². The number of alkyl halides is 3. The van der Waals surface area contributed by atoms with Gasteiger partial charge in [0.2, 0.25) is 0 Å². The van der Waals surface area contributed by atoms with Gasteiger partial charge < -0.3 is 15.4 Å². The highest BCUT2D eigenvalue weighted by Gasteiger charge is 2.34. The predicted octanol–water partition coefficient (Wildman–Crippen LogP) is 3.54. The molecule has 1 aliphatic heterocycles. The van der Waals surface area contributed by atoms with Gasteiger partial charge in [0, 0.05) is 38.8 Å². The van der Waals surface area contributed by atoms with Crippen molar-refractivity contribution in [3.05, 3.63) is 59.7 Å². The molecule has 2 aromatic carbocycles. The van der Waals surface area contributed by atoms with Gasteiger partial charge in [-0.3, -0.25) is 4.90 Å². The van der Waals surface area contributed by atoms with Gasteiger partial charge in [-0.05, 0) is 23.8 Å². The van der Waals surface area contributed by atoms with E-state index < -0.39 is 17.8 Å². The van der Waals surface area contributed by atoms with Gasteiger partial charge in [-0.1, -0.05) is 30.3 Å². The second-order valence-electron chi connectivity index (χ2n) is 6.65. The van der Waals surface area contributed by atoms with E-state index in [1.165, 1.54) is 12.1 Å². The van der Waals surface area contributed by atoms with Crippen LogP contribution in [0.25, 0.3) is 0 Å². The minimum Gasteiger partial charge on any atom is -0.495 e. The molecule has 146 valence electrons. The summed E-state index contributed by atoms with van der Waals surface area (Å²) >= 11 is 0. The highest BCUT2D eigenvalue weighted by Crippen LogP contribution is 2.34. The molecule has 1 heterocycles. The van der Waals surface area contributed by atoms with Crippen LogP contribution < -0.4 is 15.4 Å². The average Bonchev–Trinajstić information content (AvgIpc) is 2.68. The highest BCUT2D eigenvalue weighted by atomic mass is 19.4. The zero-order chi connectivity index (χ0) is 19.4. The normalized spacial score (nSPS) is 17.0. The second-order valence-corrected chi connectivity index (χ2v) is 6.65. The van der Waals surface area contributed by atoms with E-state index in [-0.39, 0.29) is 5.56 Å². The number of rotatable bonds is 5. The van der Waals surface area contributed by atoms with Crippen LogP contribution in [-0.4, -0.2) is 44.7 Å². The van der Waals surface area contributed by atoms with E-state index in [9.17, 15) is 13.2 Å². The maximum absolute atomic E-state index is 13.2. The van der Waals surface area contributed by atoms with E-state index in [0.717, 1.165) is 43.7 Å². The molecule has 27 heavy (non-hydrogen) atoms. The van der Waals surface area contributed by atoms with Gasteiger partial charge in [-0.2, -0.15) is 13.2 Å². The molecule has 0 aliphatic carbocycles. The number of benzene rings is 2. The summed E-state index contributed by atoms with van der Waals surface area (Å²) < 4.78 is 45.0. The average molecular weight is 379 g/mol. The van der Waals surface area contributed by atoms with Gasteiger partial charge in [-0.15, -0.1) is 0 Å². The molecule has 1 atom stereocenters. The molecule has 3 rings (SSSR count). The summed E-state index contributed by atoms with van der Waals surface area (Å²) in [7, 11) is 1.65. The Bertz CT molecular complexity index is 758. The number of halogens is 3. The minimum atomic E-state index is -4.39. The first kappa shape index (κ1) is 19.5. The number of para-hydroxylation sites is 2. The number of nitrogens with zero attached hydrogens (tertiary/aromatic N) is 2. The molecule has 0 amide bonds. The number of ether oxygens (including phenoxy) is 1. The molecule has 0 aromatic heterocycles. The van der Waals surface area contributed by atoms with Crippen molar-refractivity contribution >= 4 is 5.69 Å². The largest absolute Gasteiger partial charge is 0.495 e. The molecule has 1 aliphatic rings. The van der Waals surface area contributed by atoms with Crippen molar-refractivity contribution in [3.63, 3.8) is 0 Å². The molecule has 2 N–H and O–H groups in total. The molecule has 0 spiro atoms. The number of hydrogen-bond acceptors (Lipinski definition) is 4. The van der Waals surface area contributed by atoms with Crippen LogP contribution in [0.2, 0.25) is 0 Å². The van der Waals surface area contributed by atoms with Crippen LogP contribution >= 0.6 is 0 Å². The monoisotopic (exact) mass is 379 g/mol. The lowest BCUT2D eigenvalue weighted by Gasteiger charge is -2.37. The van der Waals surface area contributed by atoms with Crippen LogP contribution in [0.4, 0.5) is 18.9 Å². The lowest BCUT2D eigenvalue weighted by atomic mass is 10.00. The molecule has 1 saturated heterocycles. The molecular formula is C20H24F3N3O. The Balaban J connectivity index is 1.63. The molecule has 0 bridgehead atoms. The van der Waals surface area contributed by atoms with Gasteiger partial charge in [-0.25, -0.2) is 0 Å². The lowest BCUT2D eigenvalue weighted by Crippen LogP contribution is -2.48. The molecule has 4 nitrogen and oxygen atoms in total. The van der Waals surface area contributed by atoms with E-state index in [1.807, 2.05) is 24.3 Å². The summed E-state index contributed by atoms with van der Waals surface area (Å²) in [5, 5.41) is 0. The lowest BCUT2D eigenvalue weighted by molar-refractivity contribution is -0.138. The predicted molar refractivity (Wildman–Crippen MR) is 100 cm³/mol. The van der Waals surface area contributed by atoms with Crippen LogP contribution in [0.15, 0.2) is 48.5 Å². The van der Waals surface area contributed by atoms with Crippen molar-refractivity contribution in [1.29, 1.82) is 0 Å². The highest BCUT2D eigenvalue weighted by molar-refractivity contribution is 5.58. The van der Waals surface area contributed by atoms with Crippen LogP contribution in [-0.2, 0) is 6.18 Å². The number of anilines is 1. The summed E-state index contributed by atoms with van der Waals surface area (Å²) in [6.07, 6.45) is -4.39. The van der Waals surface area contributed by atoms with Crippen LogP contribution in [0.5, 0.6) is 5.75 Å². The molecule has 7 heteroatoms. The Morgan fingerprint density at radius 2 is 1.63 bits per heavy atom. The van der Waals surface area contributed by atoms with Gasteiger partial charge in [0.25, 0.3) is 0 Å². The summed E-state index contributed by atoms with van der Waals surface area (Å²) in [5.74, 6) is 0.821. The fourth-order valence-electron chi connectivity index (χ4n) is 3.52. The molecule has 0 saturated carbocycles. The molecule has 2 aromatic rings. The first-order chi connectivity index (χ1) is 12.9. The maximum Gasteiger partial charge on any atom is 0.416 e. The van der Waals surface area contributed by atoms with Gasteiger partial charge in [0.15, 0.2) is 0 Å². The van der Waals surface area contributed by atoms with E-state index in [4.69, 9.17) is 10.5 Å². The molecular weight excluding hydrogens is 355 g/mol. The third-order valence-electron chi connectivity index (χ3n) is 4.92. The smallest absolute Gasteiger partial charge is 0.416 e. The van der Waals surface area contributed by atoms with E-state index in [1.54, 1.807) is 13.2 Å². The summed E-state index contributed by atoms with van der Waals surface area (Å²) in [4.78, 5) is 4.34. The van der Waals surface area contributed by atoms with Crippen LogP contribution in [0, 0.1) is 0 Å². The van der Waals surface area contributed by atoms with Crippen molar-refractivity contribution < 1.29 is 17.9 Å². The van der Waals surface area contributed by atoms with Crippen molar-refractivity contribution in [3.8, 4) is 5.75 Å². The van der Waals surface area contributed by atoms with E-state index in [2.05, 4.69) is 9.80 Å². The van der Waals surface area contributed by atoms with E-state index in [0.29, 0.717) is 6.54 Å². The fourth-order valence-corrected chi connectivity index (χ4v) is 3.52. The van der Waals surface area contributed by atoms with Crippen molar-refractivity contribution in [1.82, 2.24) is 4.90 Å². The summed E-state index contributed by atoms with van der Waals surface area (Å²) in [6.45, 7) is 3.41. The number of nitrogens with two attached hydrogens (primary N) is 1. The van der Waals surface area contributed by atoms with Crippen molar-refractivity contribution in [2.75, 3.05) is 44.7 Å². The first-order valence-corrected chi connectivity index (χ1v) is 8.92. The zero-order valence-electron chi connectivity index (χ0n) is 15.2. The first-order valence-electron chi connectivity index (χ1n) is 8.92. The minimum absolute atomic E-state index is 0.150. The summed E-state index contributed by atoms with van der Waals surface area (Å²) in [6, 6.07) is 12.7. The van der Waals surface area contributed by atoms with Crippen molar-refractivity contribution in [2.45, 2.75) is 12.2 Å². The molecule has 1 fully saturated rings. The molecule has 1 unspecified atom stereocenters. The Morgan fingerprint density at radius 1 is 1.00 bits per heavy atom. The topological polar surface area (TPSA) is 41.7 Å². The second kappa shape index (κ2) is 8.19. The maximum atomic E-state index is 13.2. The van der Waals surface area contributed by atoms with Crippen LogP contribution in [0.3, 0.4) is 0 Å². The molecule has 0 radical (unpaired) electrons. The standard InChI is InChI=1S/C20H24F3N3O/c1-27-19-9-5-4-8-18(19)26-12-10-25(11-13-26)14-17(24)15-6-2-3-7-16(15)20(21,22)23/h2-9,17H,10-14,24H2,1H3. The number of hydrogen-bond donors (Lipinski definition) is 1. The Hall–Kier alpha value is -2.25. The number of piperazine rings is 1. The quantitative estimate of drug-likeness (QED) is 0.863. The number of methoxy groups -OCH3 is 1. The van der Waals surface area contributed by atoms with Gasteiger partial charge >= 0.3 is 6.18 Å². The third kappa shape index (κ3) is 4.54. The van der Waals surface area contributed by atoms with Crippen molar-refractivity contribution in [2.24, 2.45) is 5.73 Å². The zero-order valence-corrected chi connectivity index (χ0v) is 15.2. The van der Waals surface area contributed by atoms with E-state index >= 15 is 0 Å². The van der Waals surface area contributed by atoms with Crippen LogP contribution in [0.1, 0.15) is 17.2 Å².